The van der Waals surface area contributed by atoms with Crippen molar-refractivity contribution in [3.8, 4) is 0 Å². The molecular formula is C13H23FO2. The molecule has 1 fully saturated rings. The summed E-state index contributed by atoms with van der Waals surface area (Å²) in [5.74, 6) is -0.239. The van der Waals surface area contributed by atoms with Crippen LogP contribution in [0.4, 0.5) is 4.39 Å². The highest BCUT2D eigenvalue weighted by Gasteiger charge is 2.43. The Labute approximate surface area is 97.2 Å². The van der Waals surface area contributed by atoms with Crippen LogP contribution in [0.25, 0.3) is 0 Å². The van der Waals surface area contributed by atoms with Crippen molar-refractivity contribution in [3.05, 3.63) is 0 Å². The molecule has 0 amide bonds. The lowest BCUT2D eigenvalue weighted by atomic mass is 9.63. The Hall–Kier alpha value is -0.600. The van der Waals surface area contributed by atoms with E-state index in [1.54, 1.807) is 0 Å². The molecule has 3 heteroatoms. The van der Waals surface area contributed by atoms with E-state index < -0.39 is 18.1 Å². The molecular weight excluding hydrogens is 207 g/mol. The predicted octanol–water partition coefficient (Wildman–Crippen LogP) is 3.65. The number of alkyl halides is 1. The summed E-state index contributed by atoms with van der Waals surface area (Å²) >= 11 is 0. The topological polar surface area (TPSA) is 37.3 Å². The molecule has 0 spiro atoms. The SMILES string of the molecule is CC(C)(C)C1CCC(CCF)(C(=O)O)CC1. The molecule has 0 heterocycles. The van der Waals surface area contributed by atoms with E-state index in [-0.39, 0.29) is 11.8 Å². The van der Waals surface area contributed by atoms with Crippen LogP contribution >= 0.6 is 0 Å². The maximum Gasteiger partial charge on any atom is 0.309 e. The van der Waals surface area contributed by atoms with Crippen molar-refractivity contribution in [2.75, 3.05) is 6.67 Å². The fourth-order valence-electron chi connectivity index (χ4n) is 2.79. The lowest BCUT2D eigenvalue weighted by molar-refractivity contribution is -0.153. The lowest BCUT2D eigenvalue weighted by Crippen LogP contribution is -2.38. The second kappa shape index (κ2) is 4.72. The molecule has 1 N–H and O–H groups in total. The van der Waals surface area contributed by atoms with Crippen LogP contribution in [-0.2, 0) is 4.79 Å². The Balaban J connectivity index is 2.67. The summed E-state index contributed by atoms with van der Waals surface area (Å²) in [4.78, 5) is 11.3. The third-order valence-electron chi connectivity index (χ3n) is 4.19. The van der Waals surface area contributed by atoms with Crippen LogP contribution in [0.2, 0.25) is 0 Å². The Kier molecular flexibility index (Phi) is 3.97. The molecule has 0 bridgehead atoms. The molecule has 0 aliphatic heterocycles. The zero-order chi connectivity index (χ0) is 12.4. The largest absolute Gasteiger partial charge is 0.481 e. The van der Waals surface area contributed by atoms with Crippen LogP contribution < -0.4 is 0 Å². The smallest absolute Gasteiger partial charge is 0.309 e. The van der Waals surface area contributed by atoms with E-state index >= 15 is 0 Å². The van der Waals surface area contributed by atoms with Crippen molar-refractivity contribution < 1.29 is 14.3 Å². The summed E-state index contributed by atoms with van der Waals surface area (Å²) in [6, 6.07) is 0. The van der Waals surface area contributed by atoms with Gasteiger partial charge in [-0.3, -0.25) is 9.18 Å². The third-order valence-corrected chi connectivity index (χ3v) is 4.19. The maximum atomic E-state index is 12.5. The standard InChI is InChI=1S/C13H23FO2/c1-12(2,3)10-4-6-13(7-5-10,8-9-14)11(15)16/h10H,4-9H2,1-3H3,(H,15,16). The third kappa shape index (κ3) is 2.74. The van der Waals surface area contributed by atoms with Crippen LogP contribution in [0.5, 0.6) is 0 Å². The van der Waals surface area contributed by atoms with Gasteiger partial charge in [-0.25, -0.2) is 0 Å². The number of carboxylic acids is 1. The minimum Gasteiger partial charge on any atom is -0.481 e. The molecule has 94 valence electrons. The molecule has 16 heavy (non-hydrogen) atoms. The van der Waals surface area contributed by atoms with Crippen LogP contribution in [-0.4, -0.2) is 17.8 Å². The molecule has 0 atom stereocenters. The van der Waals surface area contributed by atoms with Gasteiger partial charge in [-0.2, -0.15) is 0 Å². The quantitative estimate of drug-likeness (QED) is 0.803. The number of carboxylic acid groups (broad SMARTS) is 1. The number of hydrogen-bond donors (Lipinski definition) is 1. The van der Waals surface area contributed by atoms with Gasteiger partial charge in [-0.1, -0.05) is 20.8 Å². The molecule has 1 saturated carbocycles. The first-order valence-corrected chi connectivity index (χ1v) is 6.11. The monoisotopic (exact) mass is 230 g/mol. The van der Waals surface area contributed by atoms with Crippen molar-refractivity contribution >= 4 is 5.97 Å². The molecule has 0 radical (unpaired) electrons. The van der Waals surface area contributed by atoms with Gasteiger partial charge >= 0.3 is 5.97 Å². The van der Waals surface area contributed by atoms with E-state index in [2.05, 4.69) is 20.8 Å². The molecule has 0 unspecified atom stereocenters. The number of rotatable bonds is 3. The van der Waals surface area contributed by atoms with Crippen LogP contribution in [0.1, 0.15) is 52.9 Å². The van der Waals surface area contributed by atoms with Crippen molar-refractivity contribution in [3.63, 3.8) is 0 Å². The van der Waals surface area contributed by atoms with Crippen LogP contribution in [0.15, 0.2) is 0 Å². The summed E-state index contributed by atoms with van der Waals surface area (Å²) in [5.41, 5.74) is -0.545. The lowest BCUT2D eigenvalue weighted by Gasteiger charge is -2.41. The van der Waals surface area contributed by atoms with Crippen molar-refractivity contribution in [1.82, 2.24) is 0 Å². The van der Waals surface area contributed by atoms with E-state index in [9.17, 15) is 14.3 Å². The van der Waals surface area contributed by atoms with Gasteiger partial charge in [-0.05, 0) is 43.4 Å². The zero-order valence-corrected chi connectivity index (χ0v) is 10.6. The second-order valence-corrected chi connectivity index (χ2v) is 6.16. The van der Waals surface area contributed by atoms with Gasteiger partial charge in [0.15, 0.2) is 0 Å². The molecule has 0 aromatic carbocycles. The van der Waals surface area contributed by atoms with E-state index in [4.69, 9.17) is 0 Å². The molecule has 0 aromatic heterocycles. The summed E-state index contributed by atoms with van der Waals surface area (Å²) in [6.45, 7) is 6.06. The van der Waals surface area contributed by atoms with Gasteiger partial charge in [0.05, 0.1) is 12.1 Å². The normalized spacial score (nSPS) is 31.4. The molecule has 2 nitrogen and oxygen atoms in total. The van der Waals surface area contributed by atoms with Gasteiger partial charge in [-0.15, -0.1) is 0 Å². The molecule has 1 rings (SSSR count). The Bertz CT molecular complexity index is 247. The number of halogens is 1. The minimum atomic E-state index is -0.808. The van der Waals surface area contributed by atoms with Gasteiger partial charge in [0, 0.05) is 0 Å². The first-order valence-electron chi connectivity index (χ1n) is 6.11. The van der Waals surface area contributed by atoms with Crippen molar-refractivity contribution in [1.29, 1.82) is 0 Å². The first-order chi connectivity index (χ1) is 7.32. The molecule has 1 aliphatic carbocycles. The molecule has 0 aromatic rings. The summed E-state index contributed by atoms with van der Waals surface area (Å²) in [7, 11) is 0. The fraction of sp³-hybridized carbons (Fsp3) is 0.923. The fourth-order valence-corrected chi connectivity index (χ4v) is 2.79. The molecule has 1 aliphatic rings. The predicted molar refractivity (Wildman–Crippen MR) is 62.1 cm³/mol. The highest BCUT2D eigenvalue weighted by molar-refractivity contribution is 5.74. The summed E-state index contributed by atoms with van der Waals surface area (Å²) in [6.07, 6.45) is 3.27. The average Bonchev–Trinajstić information content (AvgIpc) is 2.17. The first kappa shape index (κ1) is 13.5. The van der Waals surface area contributed by atoms with Crippen molar-refractivity contribution in [2.24, 2.45) is 16.7 Å². The van der Waals surface area contributed by atoms with Crippen molar-refractivity contribution in [2.45, 2.75) is 52.9 Å². The number of hydrogen-bond acceptors (Lipinski definition) is 1. The van der Waals surface area contributed by atoms with Gasteiger partial charge < -0.3 is 5.11 Å². The summed E-state index contributed by atoms with van der Waals surface area (Å²) in [5, 5.41) is 9.24. The van der Waals surface area contributed by atoms with Gasteiger partial charge in [0.1, 0.15) is 0 Å². The average molecular weight is 230 g/mol. The maximum absolute atomic E-state index is 12.5. The van der Waals surface area contributed by atoms with E-state index in [1.807, 2.05) is 0 Å². The highest BCUT2D eigenvalue weighted by Crippen LogP contribution is 2.47. The van der Waals surface area contributed by atoms with Gasteiger partial charge in [0.25, 0.3) is 0 Å². The minimum absolute atomic E-state index is 0.180. The van der Waals surface area contributed by atoms with E-state index in [0.29, 0.717) is 18.8 Å². The van der Waals surface area contributed by atoms with Crippen LogP contribution in [0.3, 0.4) is 0 Å². The number of carbonyl (C=O) groups is 1. The number of aliphatic carboxylic acids is 1. The Morgan fingerprint density at radius 2 is 1.88 bits per heavy atom. The van der Waals surface area contributed by atoms with Crippen LogP contribution in [0, 0.1) is 16.7 Å². The Morgan fingerprint density at radius 3 is 2.19 bits per heavy atom. The summed E-state index contributed by atoms with van der Waals surface area (Å²) < 4.78 is 12.5. The molecule has 0 saturated heterocycles. The second-order valence-electron chi connectivity index (χ2n) is 6.16. The van der Waals surface area contributed by atoms with Gasteiger partial charge in [0.2, 0.25) is 0 Å². The zero-order valence-electron chi connectivity index (χ0n) is 10.6. The van der Waals surface area contributed by atoms with E-state index in [0.717, 1.165) is 12.8 Å². The van der Waals surface area contributed by atoms with E-state index in [1.165, 1.54) is 0 Å². The Morgan fingerprint density at radius 1 is 1.38 bits per heavy atom. The highest BCUT2D eigenvalue weighted by atomic mass is 19.1.